The first-order chi connectivity index (χ1) is 19.8. The zero-order valence-electron chi connectivity index (χ0n) is 22.7. The molecule has 2 amide bonds. The molecule has 0 heterocycles. The van der Waals surface area contributed by atoms with Crippen molar-refractivity contribution in [2.45, 2.75) is 30.8 Å². The Balaban J connectivity index is 1.77. The summed E-state index contributed by atoms with van der Waals surface area (Å²) >= 11 is 3.39. The Kier molecular flexibility index (Phi) is 10.3. The van der Waals surface area contributed by atoms with Crippen molar-refractivity contribution in [3.8, 4) is 0 Å². The maximum atomic E-state index is 14.2. The lowest BCUT2D eigenvalue weighted by Gasteiger charge is -2.33. The van der Waals surface area contributed by atoms with Gasteiger partial charge in [0.25, 0.3) is 10.0 Å². The number of hydrogen-bond acceptors (Lipinski definition) is 4. The summed E-state index contributed by atoms with van der Waals surface area (Å²) in [5.74, 6) is -0.801. The number of anilines is 1. The molecule has 4 aromatic carbocycles. The number of nitrogens with one attached hydrogen (secondary N) is 1. The molecule has 0 radical (unpaired) electrons. The van der Waals surface area contributed by atoms with E-state index in [1.165, 1.54) is 17.0 Å². The Labute approximate surface area is 250 Å². The second-order valence-electron chi connectivity index (χ2n) is 9.41. The van der Waals surface area contributed by atoms with Gasteiger partial charge in [0.1, 0.15) is 12.6 Å². The van der Waals surface area contributed by atoms with Gasteiger partial charge in [0.15, 0.2) is 0 Å². The predicted molar refractivity (Wildman–Crippen MR) is 165 cm³/mol. The number of benzene rings is 4. The standard InChI is InChI=1S/C32H32BrN3O4S/c1-2-34-32(38)30(22-25-12-6-3-7-13-25)35(23-26-14-8-4-9-15-26)31(37)24-36(28-20-18-27(33)19-21-28)41(39,40)29-16-10-5-11-17-29/h3-21,30H,2,22-24H2,1H3,(H,34,38). The average molecular weight is 635 g/mol. The summed E-state index contributed by atoms with van der Waals surface area (Å²) in [6.07, 6.45) is 0.273. The van der Waals surface area contributed by atoms with E-state index >= 15 is 0 Å². The first-order valence-electron chi connectivity index (χ1n) is 13.3. The zero-order chi connectivity index (χ0) is 29.2. The van der Waals surface area contributed by atoms with Crippen molar-refractivity contribution in [1.29, 1.82) is 0 Å². The largest absolute Gasteiger partial charge is 0.355 e. The number of hydrogen-bond donors (Lipinski definition) is 1. The summed E-state index contributed by atoms with van der Waals surface area (Å²) in [6.45, 7) is 1.86. The van der Waals surface area contributed by atoms with E-state index in [-0.39, 0.29) is 23.8 Å². The van der Waals surface area contributed by atoms with Crippen LogP contribution in [0.5, 0.6) is 0 Å². The number of sulfonamides is 1. The van der Waals surface area contributed by atoms with Crippen molar-refractivity contribution in [1.82, 2.24) is 10.2 Å². The van der Waals surface area contributed by atoms with E-state index in [0.717, 1.165) is 19.9 Å². The van der Waals surface area contributed by atoms with Crippen molar-refractivity contribution in [2.75, 3.05) is 17.4 Å². The topological polar surface area (TPSA) is 86.8 Å². The normalized spacial score (nSPS) is 11.9. The number of nitrogens with zero attached hydrogens (tertiary/aromatic N) is 2. The number of halogens is 1. The van der Waals surface area contributed by atoms with Crippen molar-refractivity contribution < 1.29 is 18.0 Å². The molecule has 9 heteroatoms. The number of likely N-dealkylation sites (N-methyl/N-ethyl adjacent to an activating group) is 1. The minimum absolute atomic E-state index is 0.0647. The molecule has 0 saturated heterocycles. The molecular formula is C32H32BrN3O4S. The third-order valence-electron chi connectivity index (χ3n) is 6.54. The van der Waals surface area contributed by atoms with Gasteiger partial charge in [-0.1, -0.05) is 94.8 Å². The summed E-state index contributed by atoms with van der Waals surface area (Å²) in [6, 6.07) is 32.7. The Hall–Kier alpha value is -3.95. The highest BCUT2D eigenvalue weighted by Crippen LogP contribution is 2.26. The van der Waals surface area contributed by atoms with E-state index < -0.39 is 28.5 Å². The molecule has 0 aliphatic carbocycles. The molecule has 0 saturated carbocycles. The van der Waals surface area contributed by atoms with Gasteiger partial charge in [-0.2, -0.15) is 0 Å². The maximum absolute atomic E-state index is 14.2. The molecule has 0 aliphatic rings. The number of carbonyl (C=O) groups excluding carboxylic acids is 2. The smallest absolute Gasteiger partial charge is 0.264 e. The molecule has 41 heavy (non-hydrogen) atoms. The highest BCUT2D eigenvalue weighted by atomic mass is 79.9. The highest BCUT2D eigenvalue weighted by Gasteiger charge is 2.34. The minimum atomic E-state index is -4.11. The summed E-state index contributed by atoms with van der Waals surface area (Å²) in [4.78, 5) is 29.3. The van der Waals surface area contributed by atoms with Crippen molar-refractivity contribution in [2.24, 2.45) is 0 Å². The van der Waals surface area contributed by atoms with Crippen LogP contribution in [0.3, 0.4) is 0 Å². The molecule has 4 rings (SSSR count). The summed E-state index contributed by atoms with van der Waals surface area (Å²) in [7, 11) is -4.11. The van der Waals surface area contributed by atoms with E-state index in [1.807, 2.05) is 67.6 Å². The fraction of sp³-hybridized carbons (Fsp3) is 0.188. The Morgan fingerprint density at radius 1 is 0.780 bits per heavy atom. The van der Waals surface area contributed by atoms with Crippen LogP contribution in [-0.2, 0) is 32.6 Å². The van der Waals surface area contributed by atoms with Gasteiger partial charge >= 0.3 is 0 Å². The van der Waals surface area contributed by atoms with Gasteiger partial charge in [0, 0.05) is 24.0 Å². The van der Waals surface area contributed by atoms with Gasteiger partial charge < -0.3 is 10.2 Å². The van der Waals surface area contributed by atoms with E-state index in [1.54, 1.807) is 42.5 Å². The van der Waals surface area contributed by atoms with Crippen LogP contribution in [0.1, 0.15) is 18.1 Å². The molecule has 0 aromatic heterocycles. The van der Waals surface area contributed by atoms with Crippen molar-refractivity contribution in [3.63, 3.8) is 0 Å². The van der Waals surface area contributed by atoms with Gasteiger partial charge in [-0.05, 0) is 54.4 Å². The van der Waals surface area contributed by atoms with E-state index in [4.69, 9.17) is 0 Å². The molecule has 7 nitrogen and oxygen atoms in total. The highest BCUT2D eigenvalue weighted by molar-refractivity contribution is 9.10. The van der Waals surface area contributed by atoms with Crippen LogP contribution in [0.2, 0.25) is 0 Å². The molecule has 4 aromatic rings. The SMILES string of the molecule is CCNC(=O)C(Cc1ccccc1)N(Cc1ccccc1)C(=O)CN(c1ccc(Br)cc1)S(=O)(=O)c1ccccc1. The van der Waals surface area contributed by atoms with Crippen LogP contribution in [0.15, 0.2) is 125 Å². The van der Waals surface area contributed by atoms with Crippen molar-refractivity contribution in [3.05, 3.63) is 131 Å². The molecule has 212 valence electrons. The second-order valence-corrected chi connectivity index (χ2v) is 12.2. The fourth-order valence-corrected chi connectivity index (χ4v) is 6.18. The lowest BCUT2D eigenvalue weighted by molar-refractivity contribution is -0.140. The maximum Gasteiger partial charge on any atom is 0.264 e. The van der Waals surface area contributed by atoms with Gasteiger partial charge in [-0.3, -0.25) is 13.9 Å². The predicted octanol–water partition coefficient (Wildman–Crippen LogP) is 5.42. The minimum Gasteiger partial charge on any atom is -0.355 e. The lowest BCUT2D eigenvalue weighted by Crippen LogP contribution is -2.53. The Bertz CT molecular complexity index is 1530. The van der Waals surface area contributed by atoms with Gasteiger partial charge in [0.2, 0.25) is 11.8 Å². The molecule has 0 bridgehead atoms. The van der Waals surface area contributed by atoms with Gasteiger partial charge in [0.05, 0.1) is 10.6 Å². The Morgan fingerprint density at radius 3 is 1.88 bits per heavy atom. The van der Waals surface area contributed by atoms with Crippen molar-refractivity contribution >= 4 is 43.5 Å². The van der Waals surface area contributed by atoms with Gasteiger partial charge in [-0.15, -0.1) is 0 Å². The van der Waals surface area contributed by atoms with Crippen LogP contribution in [0, 0.1) is 0 Å². The molecule has 1 atom stereocenters. The average Bonchev–Trinajstić information content (AvgIpc) is 2.99. The second kappa shape index (κ2) is 14.1. The Morgan fingerprint density at radius 2 is 1.32 bits per heavy atom. The first-order valence-corrected chi connectivity index (χ1v) is 15.5. The third-order valence-corrected chi connectivity index (χ3v) is 8.86. The van der Waals surface area contributed by atoms with Crippen LogP contribution >= 0.6 is 15.9 Å². The van der Waals surface area contributed by atoms with Gasteiger partial charge in [-0.25, -0.2) is 8.42 Å². The summed E-state index contributed by atoms with van der Waals surface area (Å²) < 4.78 is 29.7. The van der Waals surface area contributed by atoms with Crippen LogP contribution in [0.25, 0.3) is 0 Å². The third kappa shape index (κ3) is 7.83. The lowest BCUT2D eigenvalue weighted by atomic mass is 10.0. The summed E-state index contributed by atoms with van der Waals surface area (Å²) in [5.41, 5.74) is 2.04. The van der Waals surface area contributed by atoms with Crippen LogP contribution < -0.4 is 9.62 Å². The van der Waals surface area contributed by atoms with Crippen LogP contribution in [-0.4, -0.2) is 44.3 Å². The monoisotopic (exact) mass is 633 g/mol. The molecule has 1 N–H and O–H groups in total. The number of rotatable bonds is 12. The molecule has 0 fully saturated rings. The van der Waals surface area contributed by atoms with E-state index in [0.29, 0.717) is 12.2 Å². The van der Waals surface area contributed by atoms with Crippen LogP contribution in [0.4, 0.5) is 5.69 Å². The summed E-state index contributed by atoms with van der Waals surface area (Å²) in [5, 5.41) is 2.86. The molecular weight excluding hydrogens is 602 g/mol. The molecule has 1 unspecified atom stereocenters. The van der Waals surface area contributed by atoms with E-state index in [2.05, 4.69) is 21.2 Å². The molecule has 0 aliphatic heterocycles. The zero-order valence-corrected chi connectivity index (χ0v) is 25.1. The first kappa shape index (κ1) is 30.0. The number of carbonyl (C=O) groups is 2. The quantitative estimate of drug-likeness (QED) is 0.226. The van der Waals surface area contributed by atoms with E-state index in [9.17, 15) is 18.0 Å². The fourth-order valence-electron chi connectivity index (χ4n) is 4.48. The molecule has 0 spiro atoms. The number of amides is 2.